The lowest BCUT2D eigenvalue weighted by atomic mass is 10.1. The van der Waals surface area contributed by atoms with Crippen LogP contribution in [0.2, 0.25) is 0 Å². The highest BCUT2D eigenvalue weighted by Crippen LogP contribution is 2.13. The molecule has 0 unspecified atom stereocenters. The molecule has 0 aromatic heterocycles. The van der Waals surface area contributed by atoms with Gasteiger partial charge in [0.05, 0.1) is 13.2 Å². The summed E-state index contributed by atoms with van der Waals surface area (Å²) in [6, 6.07) is 4.46. The summed E-state index contributed by atoms with van der Waals surface area (Å²) in [7, 11) is 1.60. The molecule has 1 aromatic carbocycles. The van der Waals surface area contributed by atoms with E-state index >= 15 is 0 Å². The normalized spacial score (nSPS) is 10.1. The van der Waals surface area contributed by atoms with Crippen molar-refractivity contribution in [2.24, 2.45) is 0 Å². The standard InChI is InChI=1S/C16H21FN2O2/c1-3-19(12-16(21)18-2)11-14-7-8-15(17)10-13(14)6-4-5-9-20/h7-8,10,20H,3,5,9,11-12H2,1-2H3,(H,18,21). The summed E-state index contributed by atoms with van der Waals surface area (Å²) in [4.78, 5) is 13.4. The van der Waals surface area contributed by atoms with E-state index in [4.69, 9.17) is 5.11 Å². The van der Waals surface area contributed by atoms with Crippen LogP contribution in [-0.4, -0.2) is 42.7 Å². The number of rotatable bonds is 6. The molecule has 0 saturated heterocycles. The lowest BCUT2D eigenvalue weighted by Crippen LogP contribution is -2.35. The molecule has 0 atom stereocenters. The minimum Gasteiger partial charge on any atom is -0.395 e. The zero-order chi connectivity index (χ0) is 15.7. The number of carbonyl (C=O) groups excluding carboxylic acids is 1. The molecule has 0 spiro atoms. The quantitative estimate of drug-likeness (QED) is 0.773. The van der Waals surface area contributed by atoms with Gasteiger partial charge in [-0.2, -0.15) is 0 Å². The second-order valence-electron chi connectivity index (χ2n) is 4.55. The first kappa shape index (κ1) is 17.2. The Kier molecular flexibility index (Phi) is 7.44. The summed E-state index contributed by atoms with van der Waals surface area (Å²) in [5.74, 6) is 5.26. The van der Waals surface area contributed by atoms with Gasteiger partial charge < -0.3 is 10.4 Å². The van der Waals surface area contributed by atoms with E-state index in [1.165, 1.54) is 12.1 Å². The minimum atomic E-state index is -0.346. The van der Waals surface area contributed by atoms with E-state index in [2.05, 4.69) is 17.2 Å². The van der Waals surface area contributed by atoms with Crippen molar-refractivity contribution < 1.29 is 14.3 Å². The van der Waals surface area contributed by atoms with Crippen LogP contribution in [0.1, 0.15) is 24.5 Å². The van der Waals surface area contributed by atoms with Gasteiger partial charge in [-0.3, -0.25) is 9.69 Å². The smallest absolute Gasteiger partial charge is 0.233 e. The minimum absolute atomic E-state index is 0.0184. The number of benzene rings is 1. The van der Waals surface area contributed by atoms with Crippen LogP contribution < -0.4 is 5.32 Å². The maximum atomic E-state index is 13.3. The maximum absolute atomic E-state index is 13.3. The lowest BCUT2D eigenvalue weighted by molar-refractivity contribution is -0.121. The van der Waals surface area contributed by atoms with Crippen LogP contribution in [0.5, 0.6) is 0 Å². The van der Waals surface area contributed by atoms with E-state index in [1.54, 1.807) is 13.1 Å². The number of halogens is 1. The number of likely N-dealkylation sites (N-methyl/N-ethyl adjacent to an activating group) is 2. The molecule has 2 N–H and O–H groups in total. The predicted octanol–water partition coefficient (Wildman–Crippen LogP) is 1.13. The van der Waals surface area contributed by atoms with Gasteiger partial charge in [0.15, 0.2) is 0 Å². The van der Waals surface area contributed by atoms with Crippen molar-refractivity contribution in [3.8, 4) is 11.8 Å². The van der Waals surface area contributed by atoms with Crippen LogP contribution in [-0.2, 0) is 11.3 Å². The van der Waals surface area contributed by atoms with E-state index in [0.717, 1.165) is 5.56 Å². The Bertz CT molecular complexity index is 535. The number of nitrogens with zero attached hydrogens (tertiary/aromatic N) is 1. The van der Waals surface area contributed by atoms with Crippen molar-refractivity contribution in [3.05, 3.63) is 35.1 Å². The lowest BCUT2D eigenvalue weighted by Gasteiger charge is -2.20. The fourth-order valence-electron chi connectivity index (χ4n) is 1.82. The Labute approximate surface area is 125 Å². The summed E-state index contributed by atoms with van der Waals surface area (Å²) < 4.78 is 13.3. The van der Waals surface area contributed by atoms with E-state index in [0.29, 0.717) is 25.1 Å². The van der Waals surface area contributed by atoms with Crippen LogP contribution >= 0.6 is 0 Å². The average molecular weight is 292 g/mol. The Balaban J connectivity index is 2.90. The summed E-state index contributed by atoms with van der Waals surface area (Å²) in [5, 5.41) is 11.3. The fourth-order valence-corrected chi connectivity index (χ4v) is 1.82. The molecule has 1 rings (SSSR count). The molecule has 1 aromatic rings. The van der Waals surface area contributed by atoms with Crippen molar-refractivity contribution in [1.29, 1.82) is 0 Å². The third-order valence-corrected chi connectivity index (χ3v) is 3.02. The second kappa shape index (κ2) is 9.11. The number of amides is 1. The first-order valence-electron chi connectivity index (χ1n) is 6.91. The van der Waals surface area contributed by atoms with Gasteiger partial charge in [0.25, 0.3) is 0 Å². The van der Waals surface area contributed by atoms with Gasteiger partial charge in [0, 0.05) is 25.6 Å². The monoisotopic (exact) mass is 292 g/mol. The molecule has 1 amide bonds. The predicted molar refractivity (Wildman–Crippen MR) is 80.0 cm³/mol. The van der Waals surface area contributed by atoms with E-state index in [-0.39, 0.29) is 24.9 Å². The largest absolute Gasteiger partial charge is 0.395 e. The molecule has 21 heavy (non-hydrogen) atoms. The summed E-state index contributed by atoms with van der Waals surface area (Å²) >= 11 is 0. The van der Waals surface area contributed by atoms with Crippen molar-refractivity contribution in [3.63, 3.8) is 0 Å². The average Bonchev–Trinajstić information content (AvgIpc) is 2.48. The van der Waals surface area contributed by atoms with Crippen LogP contribution in [0.25, 0.3) is 0 Å². The van der Waals surface area contributed by atoms with E-state index in [9.17, 15) is 9.18 Å². The molecule has 0 bridgehead atoms. The van der Waals surface area contributed by atoms with E-state index < -0.39 is 0 Å². The number of nitrogens with one attached hydrogen (secondary N) is 1. The number of hydrogen-bond donors (Lipinski definition) is 2. The number of aliphatic hydroxyl groups is 1. The van der Waals surface area contributed by atoms with Gasteiger partial charge >= 0.3 is 0 Å². The van der Waals surface area contributed by atoms with Crippen LogP contribution in [0, 0.1) is 17.7 Å². The topological polar surface area (TPSA) is 52.6 Å². The van der Waals surface area contributed by atoms with Gasteiger partial charge in [-0.05, 0) is 24.2 Å². The third-order valence-electron chi connectivity index (χ3n) is 3.02. The van der Waals surface area contributed by atoms with Crippen LogP contribution in [0.3, 0.4) is 0 Å². The molecule has 5 heteroatoms. The molecular formula is C16H21FN2O2. The van der Waals surface area contributed by atoms with Gasteiger partial charge in [-0.1, -0.05) is 24.8 Å². The van der Waals surface area contributed by atoms with Gasteiger partial charge in [-0.15, -0.1) is 0 Å². The van der Waals surface area contributed by atoms with Crippen molar-refractivity contribution in [1.82, 2.24) is 10.2 Å². The maximum Gasteiger partial charge on any atom is 0.233 e. The molecule has 0 aliphatic heterocycles. The highest BCUT2D eigenvalue weighted by molar-refractivity contribution is 5.77. The Hall–Kier alpha value is -1.90. The van der Waals surface area contributed by atoms with Crippen molar-refractivity contribution >= 4 is 5.91 Å². The molecular weight excluding hydrogens is 271 g/mol. The molecule has 0 saturated carbocycles. The molecule has 0 aliphatic rings. The Morgan fingerprint density at radius 2 is 2.24 bits per heavy atom. The van der Waals surface area contributed by atoms with Crippen molar-refractivity contribution in [2.45, 2.75) is 19.9 Å². The SMILES string of the molecule is CCN(CC(=O)NC)Cc1ccc(F)cc1C#CCCO. The summed E-state index contributed by atoms with van der Waals surface area (Å²) in [6.45, 7) is 3.45. The Morgan fingerprint density at radius 3 is 2.86 bits per heavy atom. The molecule has 0 heterocycles. The molecule has 4 nitrogen and oxygen atoms in total. The van der Waals surface area contributed by atoms with E-state index in [1.807, 2.05) is 11.8 Å². The molecule has 0 radical (unpaired) electrons. The van der Waals surface area contributed by atoms with Crippen LogP contribution in [0.15, 0.2) is 18.2 Å². The Morgan fingerprint density at radius 1 is 1.48 bits per heavy atom. The van der Waals surface area contributed by atoms with Crippen LogP contribution in [0.4, 0.5) is 4.39 Å². The first-order chi connectivity index (χ1) is 10.1. The number of carbonyl (C=O) groups is 1. The number of hydrogen-bond acceptors (Lipinski definition) is 3. The summed E-state index contributed by atoms with van der Waals surface area (Å²) in [6.07, 6.45) is 0.353. The van der Waals surface area contributed by atoms with Crippen molar-refractivity contribution in [2.75, 3.05) is 26.7 Å². The molecule has 0 aliphatic carbocycles. The third kappa shape index (κ3) is 5.94. The van der Waals surface area contributed by atoms with Gasteiger partial charge in [-0.25, -0.2) is 4.39 Å². The highest BCUT2D eigenvalue weighted by Gasteiger charge is 2.11. The first-order valence-corrected chi connectivity index (χ1v) is 6.91. The summed E-state index contributed by atoms with van der Waals surface area (Å²) in [5.41, 5.74) is 1.46. The number of aliphatic hydroxyl groups excluding tert-OH is 1. The zero-order valence-corrected chi connectivity index (χ0v) is 12.4. The molecule has 0 fully saturated rings. The van der Waals surface area contributed by atoms with Gasteiger partial charge in [0.1, 0.15) is 5.82 Å². The van der Waals surface area contributed by atoms with Gasteiger partial charge in [0.2, 0.25) is 5.91 Å². The second-order valence-corrected chi connectivity index (χ2v) is 4.55. The zero-order valence-electron chi connectivity index (χ0n) is 12.4. The highest BCUT2D eigenvalue weighted by atomic mass is 19.1. The fraction of sp³-hybridized carbons (Fsp3) is 0.438. The molecule has 114 valence electrons.